The van der Waals surface area contributed by atoms with Crippen LogP contribution in [0.4, 0.5) is 0 Å². The Morgan fingerprint density at radius 3 is 2.45 bits per heavy atom. The van der Waals surface area contributed by atoms with E-state index in [2.05, 4.69) is 44.0 Å². The van der Waals surface area contributed by atoms with Gasteiger partial charge in [-0.15, -0.1) is 0 Å². The number of hydrogen-bond donors (Lipinski definition) is 1. The smallest absolute Gasteiger partial charge is 0.105 e. The third kappa shape index (κ3) is 7.84. The molecule has 0 aliphatic rings. The molecule has 0 rings (SSSR count). The first-order valence-corrected chi connectivity index (χ1v) is 7.77. The van der Waals surface area contributed by atoms with E-state index < -0.39 is 5.54 Å². The van der Waals surface area contributed by atoms with E-state index in [1.165, 1.54) is 0 Å². The SMILES string of the molecule is CCCNC(C)(C#N)CC(C)N(CCOC)CC(C)C. The lowest BCUT2D eigenvalue weighted by Gasteiger charge is -2.35. The first-order chi connectivity index (χ1) is 9.38. The molecule has 0 aliphatic carbocycles. The van der Waals surface area contributed by atoms with Crippen LogP contribution in [-0.4, -0.2) is 49.8 Å². The fourth-order valence-electron chi connectivity index (χ4n) is 2.45. The molecule has 0 heterocycles. The molecule has 0 saturated carbocycles. The zero-order valence-electron chi connectivity index (χ0n) is 14.2. The topological polar surface area (TPSA) is 48.3 Å². The van der Waals surface area contributed by atoms with E-state index >= 15 is 0 Å². The fourth-order valence-corrected chi connectivity index (χ4v) is 2.45. The van der Waals surface area contributed by atoms with Crippen LogP contribution in [0.3, 0.4) is 0 Å². The Morgan fingerprint density at radius 1 is 1.35 bits per heavy atom. The number of nitrogens with one attached hydrogen (secondary N) is 1. The second-order valence-corrected chi connectivity index (χ2v) is 6.31. The number of nitriles is 1. The number of hydrogen-bond acceptors (Lipinski definition) is 4. The van der Waals surface area contributed by atoms with Crippen LogP contribution in [-0.2, 0) is 4.74 Å². The summed E-state index contributed by atoms with van der Waals surface area (Å²) in [4.78, 5) is 2.43. The minimum atomic E-state index is -0.447. The third-order valence-corrected chi connectivity index (χ3v) is 3.52. The van der Waals surface area contributed by atoms with Crippen LogP contribution < -0.4 is 5.32 Å². The summed E-state index contributed by atoms with van der Waals surface area (Å²) in [6.45, 7) is 14.4. The molecule has 0 radical (unpaired) electrons. The maximum atomic E-state index is 9.44. The molecule has 4 nitrogen and oxygen atoms in total. The van der Waals surface area contributed by atoms with Crippen molar-refractivity contribution in [3.05, 3.63) is 0 Å². The van der Waals surface area contributed by atoms with Gasteiger partial charge in [-0.25, -0.2) is 0 Å². The zero-order valence-corrected chi connectivity index (χ0v) is 14.2. The molecule has 118 valence electrons. The first kappa shape index (κ1) is 19.4. The quantitative estimate of drug-likeness (QED) is 0.633. The Kier molecular flexibility index (Phi) is 9.83. The Balaban J connectivity index is 4.61. The molecule has 1 N–H and O–H groups in total. The molecule has 0 bridgehead atoms. The Hall–Kier alpha value is -0.630. The highest BCUT2D eigenvalue weighted by atomic mass is 16.5. The summed E-state index contributed by atoms with van der Waals surface area (Å²) >= 11 is 0. The van der Waals surface area contributed by atoms with Gasteiger partial charge in [-0.2, -0.15) is 5.26 Å². The number of ether oxygens (including phenoxy) is 1. The molecule has 0 fully saturated rings. The van der Waals surface area contributed by atoms with Crippen molar-refractivity contribution in [3.63, 3.8) is 0 Å². The van der Waals surface area contributed by atoms with Crippen LogP contribution >= 0.6 is 0 Å². The van der Waals surface area contributed by atoms with Crippen LogP contribution in [0, 0.1) is 17.2 Å². The minimum Gasteiger partial charge on any atom is -0.383 e. The van der Waals surface area contributed by atoms with Crippen molar-refractivity contribution in [3.8, 4) is 6.07 Å². The average Bonchev–Trinajstić information content (AvgIpc) is 2.40. The largest absolute Gasteiger partial charge is 0.383 e. The number of methoxy groups -OCH3 is 1. The highest BCUT2D eigenvalue weighted by molar-refractivity contribution is 5.05. The van der Waals surface area contributed by atoms with Gasteiger partial charge in [0, 0.05) is 26.2 Å². The van der Waals surface area contributed by atoms with Gasteiger partial charge in [0.1, 0.15) is 5.54 Å². The van der Waals surface area contributed by atoms with E-state index in [4.69, 9.17) is 4.74 Å². The fraction of sp³-hybridized carbons (Fsp3) is 0.938. The Morgan fingerprint density at radius 2 is 2.00 bits per heavy atom. The lowest BCUT2D eigenvalue weighted by molar-refractivity contribution is 0.104. The maximum Gasteiger partial charge on any atom is 0.105 e. The molecule has 20 heavy (non-hydrogen) atoms. The van der Waals surface area contributed by atoms with Crippen LogP contribution in [0.25, 0.3) is 0 Å². The lowest BCUT2D eigenvalue weighted by Crippen LogP contribution is -2.48. The van der Waals surface area contributed by atoms with Gasteiger partial charge in [0.2, 0.25) is 0 Å². The van der Waals surface area contributed by atoms with Gasteiger partial charge in [0.15, 0.2) is 0 Å². The zero-order chi connectivity index (χ0) is 15.6. The molecule has 0 aromatic heterocycles. The van der Waals surface area contributed by atoms with E-state index in [1.807, 2.05) is 6.92 Å². The van der Waals surface area contributed by atoms with E-state index in [9.17, 15) is 5.26 Å². The molecule has 4 heteroatoms. The molecule has 0 aliphatic heterocycles. The van der Waals surface area contributed by atoms with Crippen LogP contribution in [0.15, 0.2) is 0 Å². The van der Waals surface area contributed by atoms with Crippen molar-refractivity contribution in [1.82, 2.24) is 10.2 Å². The molecule has 2 unspecified atom stereocenters. The van der Waals surface area contributed by atoms with Gasteiger partial charge in [-0.1, -0.05) is 20.8 Å². The van der Waals surface area contributed by atoms with Gasteiger partial charge in [-0.3, -0.25) is 10.2 Å². The van der Waals surface area contributed by atoms with Gasteiger partial charge in [0.25, 0.3) is 0 Å². The van der Waals surface area contributed by atoms with Crippen LogP contribution in [0.1, 0.15) is 47.5 Å². The highest BCUT2D eigenvalue weighted by Gasteiger charge is 2.28. The standard InChI is InChI=1S/C16H33N3O/c1-7-8-18-16(5,13-17)11-15(4)19(9-10-20-6)12-14(2)3/h14-15,18H,7-12H2,1-6H3. The van der Waals surface area contributed by atoms with Crippen molar-refractivity contribution in [2.75, 3.05) is 33.4 Å². The predicted molar refractivity (Wildman–Crippen MR) is 84.7 cm³/mol. The predicted octanol–water partition coefficient (Wildman–Crippen LogP) is 2.65. The van der Waals surface area contributed by atoms with Gasteiger partial charge in [0.05, 0.1) is 12.7 Å². The molecular weight excluding hydrogens is 250 g/mol. The summed E-state index contributed by atoms with van der Waals surface area (Å²) in [6.07, 6.45) is 1.88. The second kappa shape index (κ2) is 10.1. The van der Waals surface area contributed by atoms with E-state index in [0.717, 1.165) is 39.1 Å². The molecular formula is C16H33N3O. The second-order valence-electron chi connectivity index (χ2n) is 6.31. The summed E-state index contributed by atoms with van der Waals surface area (Å²) in [5.41, 5.74) is -0.447. The summed E-state index contributed by atoms with van der Waals surface area (Å²) in [6, 6.07) is 2.80. The normalized spacial score (nSPS) is 16.1. The Labute approximate surface area is 125 Å². The van der Waals surface area contributed by atoms with Crippen LogP contribution in [0.5, 0.6) is 0 Å². The van der Waals surface area contributed by atoms with Gasteiger partial charge >= 0.3 is 0 Å². The number of nitrogens with zero attached hydrogens (tertiary/aromatic N) is 2. The van der Waals surface area contributed by atoms with Gasteiger partial charge in [-0.05, 0) is 39.2 Å². The van der Waals surface area contributed by atoms with E-state index in [0.29, 0.717) is 12.0 Å². The summed E-state index contributed by atoms with van der Waals surface area (Å²) in [5.74, 6) is 0.617. The van der Waals surface area contributed by atoms with E-state index in [-0.39, 0.29) is 0 Å². The van der Waals surface area contributed by atoms with Crippen molar-refractivity contribution in [2.45, 2.75) is 59.0 Å². The van der Waals surface area contributed by atoms with Crippen molar-refractivity contribution >= 4 is 0 Å². The van der Waals surface area contributed by atoms with Crippen molar-refractivity contribution in [2.24, 2.45) is 5.92 Å². The van der Waals surface area contributed by atoms with E-state index in [1.54, 1.807) is 7.11 Å². The average molecular weight is 283 g/mol. The van der Waals surface area contributed by atoms with Crippen molar-refractivity contribution < 1.29 is 4.74 Å². The maximum absolute atomic E-state index is 9.44. The summed E-state index contributed by atoms with van der Waals surface area (Å²) < 4.78 is 5.20. The monoisotopic (exact) mass is 283 g/mol. The molecule has 0 saturated heterocycles. The number of rotatable bonds is 11. The highest BCUT2D eigenvalue weighted by Crippen LogP contribution is 2.17. The lowest BCUT2D eigenvalue weighted by atomic mass is 9.93. The van der Waals surface area contributed by atoms with Gasteiger partial charge < -0.3 is 4.74 Å². The van der Waals surface area contributed by atoms with Crippen molar-refractivity contribution in [1.29, 1.82) is 5.26 Å². The van der Waals surface area contributed by atoms with Crippen LogP contribution in [0.2, 0.25) is 0 Å². The Bertz CT molecular complexity index is 288. The molecule has 0 aromatic carbocycles. The minimum absolute atomic E-state index is 0.363. The molecule has 0 spiro atoms. The third-order valence-electron chi connectivity index (χ3n) is 3.52. The summed E-state index contributed by atoms with van der Waals surface area (Å²) in [5, 5.41) is 12.8. The summed E-state index contributed by atoms with van der Waals surface area (Å²) in [7, 11) is 1.74. The molecule has 0 aromatic rings. The first-order valence-electron chi connectivity index (χ1n) is 7.77. The molecule has 2 atom stereocenters. The molecule has 0 amide bonds.